The Morgan fingerprint density at radius 1 is 1.03 bits per heavy atom. The first-order valence-corrected chi connectivity index (χ1v) is 10.9. The molecule has 0 bridgehead atoms. The van der Waals surface area contributed by atoms with E-state index in [1.165, 1.54) is 6.08 Å². The van der Waals surface area contributed by atoms with E-state index in [-0.39, 0.29) is 11.7 Å². The molecule has 0 aliphatic rings. The number of sulfonamides is 1. The maximum atomic E-state index is 12.2. The lowest BCUT2D eigenvalue weighted by atomic mass is 10.2. The standard InChI is InChI=1S/C21H26N2O5S/c1-4-14-29(25,26)23-18-10-8-17(9-11-18)22-21(24)13-7-16-6-12-19(27-3)20(15-16)28-5-2/h6-13,15,23H,4-5,14H2,1-3H3,(H,22,24)/b13-7+. The van der Waals surface area contributed by atoms with E-state index < -0.39 is 10.0 Å². The van der Waals surface area contributed by atoms with Crippen molar-refractivity contribution in [2.45, 2.75) is 20.3 Å². The Bertz CT molecular complexity index is 954. The second-order valence-corrected chi connectivity index (χ2v) is 8.01. The Labute approximate surface area is 171 Å². The molecule has 2 N–H and O–H groups in total. The number of anilines is 2. The topological polar surface area (TPSA) is 93.7 Å². The lowest BCUT2D eigenvalue weighted by Gasteiger charge is -2.09. The normalized spacial score (nSPS) is 11.3. The van der Waals surface area contributed by atoms with Crippen LogP contribution in [-0.2, 0) is 14.8 Å². The van der Waals surface area contributed by atoms with Crippen LogP contribution in [0.1, 0.15) is 25.8 Å². The summed E-state index contributed by atoms with van der Waals surface area (Å²) in [6.07, 6.45) is 3.62. The summed E-state index contributed by atoms with van der Waals surface area (Å²) in [6, 6.07) is 11.9. The maximum absolute atomic E-state index is 12.2. The average molecular weight is 419 g/mol. The fraction of sp³-hybridized carbons (Fsp3) is 0.286. The number of amides is 1. The zero-order valence-electron chi connectivity index (χ0n) is 16.8. The second kappa shape index (κ2) is 10.5. The van der Waals surface area contributed by atoms with Gasteiger partial charge in [0.25, 0.3) is 0 Å². The number of benzene rings is 2. The molecular weight excluding hydrogens is 392 g/mol. The van der Waals surface area contributed by atoms with Gasteiger partial charge in [-0.2, -0.15) is 0 Å². The molecule has 1 amide bonds. The summed E-state index contributed by atoms with van der Waals surface area (Å²) in [5.74, 6) is 0.993. The summed E-state index contributed by atoms with van der Waals surface area (Å²) in [4.78, 5) is 12.2. The highest BCUT2D eigenvalue weighted by Crippen LogP contribution is 2.28. The van der Waals surface area contributed by atoms with E-state index in [2.05, 4.69) is 10.0 Å². The highest BCUT2D eigenvalue weighted by molar-refractivity contribution is 7.92. The predicted molar refractivity (Wildman–Crippen MR) is 116 cm³/mol. The molecule has 0 aromatic heterocycles. The number of rotatable bonds is 10. The molecule has 2 aromatic rings. The highest BCUT2D eigenvalue weighted by Gasteiger charge is 2.09. The minimum absolute atomic E-state index is 0.0622. The summed E-state index contributed by atoms with van der Waals surface area (Å²) in [5.41, 5.74) is 1.81. The minimum atomic E-state index is -3.34. The van der Waals surface area contributed by atoms with Gasteiger partial charge in [0.05, 0.1) is 19.5 Å². The number of carbonyl (C=O) groups excluding carboxylic acids is 1. The van der Waals surface area contributed by atoms with E-state index in [1.807, 2.05) is 13.0 Å². The van der Waals surface area contributed by atoms with Crippen molar-refractivity contribution >= 4 is 33.4 Å². The lowest BCUT2D eigenvalue weighted by Crippen LogP contribution is -2.16. The molecule has 0 atom stereocenters. The third kappa shape index (κ3) is 7.15. The Hall–Kier alpha value is -3.00. The second-order valence-electron chi connectivity index (χ2n) is 6.16. The van der Waals surface area contributed by atoms with Crippen molar-refractivity contribution in [1.82, 2.24) is 0 Å². The smallest absolute Gasteiger partial charge is 0.248 e. The molecule has 0 heterocycles. The van der Waals surface area contributed by atoms with Gasteiger partial charge in [0.2, 0.25) is 15.9 Å². The number of hydrogen-bond acceptors (Lipinski definition) is 5. The van der Waals surface area contributed by atoms with E-state index in [4.69, 9.17) is 9.47 Å². The van der Waals surface area contributed by atoms with Gasteiger partial charge in [-0.05, 0) is 61.4 Å². The van der Waals surface area contributed by atoms with Crippen LogP contribution < -0.4 is 19.5 Å². The lowest BCUT2D eigenvalue weighted by molar-refractivity contribution is -0.111. The van der Waals surface area contributed by atoms with Crippen LogP contribution in [0.15, 0.2) is 48.5 Å². The van der Waals surface area contributed by atoms with Crippen molar-refractivity contribution in [3.8, 4) is 11.5 Å². The largest absolute Gasteiger partial charge is 0.493 e. The van der Waals surface area contributed by atoms with Crippen molar-refractivity contribution in [1.29, 1.82) is 0 Å². The first kappa shape index (κ1) is 22.3. The van der Waals surface area contributed by atoms with E-state index in [0.29, 0.717) is 35.9 Å². The quantitative estimate of drug-likeness (QED) is 0.571. The van der Waals surface area contributed by atoms with Gasteiger partial charge in [-0.15, -0.1) is 0 Å². The van der Waals surface area contributed by atoms with Gasteiger partial charge in [0, 0.05) is 17.5 Å². The van der Waals surface area contributed by atoms with Crippen molar-refractivity contribution in [2.24, 2.45) is 0 Å². The van der Waals surface area contributed by atoms with Crippen LogP contribution in [0.4, 0.5) is 11.4 Å². The number of nitrogens with one attached hydrogen (secondary N) is 2. The van der Waals surface area contributed by atoms with Gasteiger partial charge in [-0.1, -0.05) is 13.0 Å². The van der Waals surface area contributed by atoms with Crippen LogP contribution in [0.2, 0.25) is 0 Å². The fourth-order valence-electron chi connectivity index (χ4n) is 2.54. The zero-order valence-corrected chi connectivity index (χ0v) is 17.6. The molecule has 7 nitrogen and oxygen atoms in total. The molecule has 0 fully saturated rings. The highest BCUT2D eigenvalue weighted by atomic mass is 32.2. The molecule has 0 aliphatic heterocycles. The third-order valence-corrected chi connectivity index (χ3v) is 5.31. The Kier molecular flexibility index (Phi) is 8.09. The maximum Gasteiger partial charge on any atom is 0.248 e. The van der Waals surface area contributed by atoms with E-state index in [1.54, 1.807) is 56.5 Å². The summed E-state index contributed by atoms with van der Waals surface area (Å²) >= 11 is 0. The number of hydrogen-bond donors (Lipinski definition) is 2. The molecule has 29 heavy (non-hydrogen) atoms. The number of ether oxygens (including phenoxy) is 2. The zero-order chi connectivity index (χ0) is 21.3. The summed E-state index contributed by atoms with van der Waals surface area (Å²) in [5, 5.41) is 2.73. The van der Waals surface area contributed by atoms with E-state index >= 15 is 0 Å². The predicted octanol–water partition coefficient (Wildman–Crippen LogP) is 3.90. The van der Waals surface area contributed by atoms with E-state index in [9.17, 15) is 13.2 Å². The molecule has 8 heteroatoms. The molecule has 2 aromatic carbocycles. The number of carbonyl (C=O) groups is 1. The van der Waals surface area contributed by atoms with Gasteiger partial charge >= 0.3 is 0 Å². The van der Waals surface area contributed by atoms with Crippen molar-refractivity contribution < 1.29 is 22.7 Å². The molecule has 0 saturated heterocycles. The molecule has 0 unspecified atom stereocenters. The Balaban J connectivity index is 1.99. The van der Waals surface area contributed by atoms with Crippen LogP contribution in [-0.4, -0.2) is 33.8 Å². The Morgan fingerprint density at radius 3 is 2.34 bits per heavy atom. The monoisotopic (exact) mass is 418 g/mol. The molecule has 0 saturated carbocycles. The molecule has 0 radical (unpaired) electrons. The van der Waals surface area contributed by atoms with Crippen molar-refractivity contribution in [3.63, 3.8) is 0 Å². The Morgan fingerprint density at radius 2 is 1.72 bits per heavy atom. The van der Waals surface area contributed by atoms with Crippen molar-refractivity contribution in [3.05, 3.63) is 54.1 Å². The van der Waals surface area contributed by atoms with Crippen LogP contribution in [0.25, 0.3) is 6.08 Å². The SMILES string of the molecule is CCCS(=O)(=O)Nc1ccc(NC(=O)/C=C/c2ccc(OC)c(OCC)c2)cc1. The van der Waals surface area contributed by atoms with Gasteiger partial charge < -0.3 is 14.8 Å². The molecule has 0 spiro atoms. The summed E-state index contributed by atoms with van der Waals surface area (Å²) < 4.78 is 36.8. The molecular formula is C21H26N2O5S. The summed E-state index contributed by atoms with van der Waals surface area (Å²) in [7, 11) is -1.77. The van der Waals surface area contributed by atoms with Crippen LogP contribution >= 0.6 is 0 Å². The first-order chi connectivity index (χ1) is 13.9. The third-order valence-electron chi connectivity index (χ3n) is 3.81. The molecule has 2 rings (SSSR count). The minimum Gasteiger partial charge on any atom is -0.493 e. The van der Waals surface area contributed by atoms with Gasteiger partial charge in [-0.25, -0.2) is 8.42 Å². The van der Waals surface area contributed by atoms with Crippen LogP contribution in [0.5, 0.6) is 11.5 Å². The van der Waals surface area contributed by atoms with Gasteiger partial charge in [-0.3, -0.25) is 9.52 Å². The molecule has 156 valence electrons. The van der Waals surface area contributed by atoms with Crippen LogP contribution in [0.3, 0.4) is 0 Å². The van der Waals surface area contributed by atoms with Gasteiger partial charge in [0.1, 0.15) is 0 Å². The van der Waals surface area contributed by atoms with E-state index in [0.717, 1.165) is 5.56 Å². The van der Waals surface area contributed by atoms with Crippen molar-refractivity contribution in [2.75, 3.05) is 29.5 Å². The number of methoxy groups -OCH3 is 1. The van der Waals surface area contributed by atoms with Gasteiger partial charge in [0.15, 0.2) is 11.5 Å². The molecule has 0 aliphatic carbocycles. The first-order valence-electron chi connectivity index (χ1n) is 9.27. The summed E-state index contributed by atoms with van der Waals surface area (Å²) in [6.45, 7) is 4.19. The van der Waals surface area contributed by atoms with Crippen LogP contribution in [0, 0.1) is 0 Å². The average Bonchev–Trinajstić information content (AvgIpc) is 2.68. The fourth-order valence-corrected chi connectivity index (χ4v) is 3.68.